The van der Waals surface area contributed by atoms with Crippen LogP contribution in [-0.2, 0) is 0 Å². The smallest absolute Gasteiger partial charge is 0.137 e. The van der Waals surface area contributed by atoms with Crippen LogP contribution in [0, 0.1) is 11.3 Å². The van der Waals surface area contributed by atoms with Crippen LogP contribution in [0.3, 0.4) is 0 Å². The summed E-state index contributed by atoms with van der Waals surface area (Å²) >= 11 is 3.19. The number of phenolic OH excluding ortho intramolecular Hbond substituents is 1. The normalized spacial score (nSPS) is 11.9. The maximum absolute atomic E-state index is 9.52. The summed E-state index contributed by atoms with van der Waals surface area (Å²) in [5.74, 6) is 0.353. The molecular formula is C10H10BrNO2. The molecule has 14 heavy (non-hydrogen) atoms. The van der Waals surface area contributed by atoms with Gasteiger partial charge in [-0.3, -0.25) is 0 Å². The zero-order valence-electron chi connectivity index (χ0n) is 7.91. The highest BCUT2D eigenvalue weighted by molar-refractivity contribution is 9.10. The Morgan fingerprint density at radius 2 is 2.21 bits per heavy atom. The Hall–Kier alpha value is -1.21. The van der Waals surface area contributed by atoms with Gasteiger partial charge in [0.15, 0.2) is 0 Å². The van der Waals surface area contributed by atoms with Crippen molar-refractivity contribution in [1.82, 2.24) is 0 Å². The minimum atomic E-state index is -0.261. The number of hydrogen-bond donors (Lipinski definition) is 1. The molecule has 1 atom stereocenters. The Bertz CT molecular complexity index is 384. The Labute approximate surface area is 91.1 Å². The van der Waals surface area contributed by atoms with Crippen LogP contribution >= 0.6 is 15.9 Å². The molecule has 1 rings (SSSR count). The lowest BCUT2D eigenvalue weighted by Gasteiger charge is -2.09. The summed E-state index contributed by atoms with van der Waals surface area (Å²) in [5, 5.41) is 18.2. The summed E-state index contributed by atoms with van der Waals surface area (Å²) in [6.45, 7) is 1.77. The highest BCUT2D eigenvalue weighted by Gasteiger charge is 2.12. The summed E-state index contributed by atoms with van der Waals surface area (Å²) < 4.78 is 5.55. The van der Waals surface area contributed by atoms with Crippen molar-refractivity contribution in [2.45, 2.75) is 12.8 Å². The van der Waals surface area contributed by atoms with Gasteiger partial charge in [-0.1, -0.05) is 0 Å². The van der Waals surface area contributed by atoms with Gasteiger partial charge in [0.05, 0.1) is 19.1 Å². The molecule has 0 bridgehead atoms. The van der Waals surface area contributed by atoms with E-state index in [1.807, 2.05) is 0 Å². The molecule has 0 aromatic heterocycles. The number of nitriles is 1. The predicted molar refractivity (Wildman–Crippen MR) is 56.4 cm³/mol. The lowest BCUT2D eigenvalue weighted by Crippen LogP contribution is -1.92. The fraction of sp³-hybridized carbons (Fsp3) is 0.300. The van der Waals surface area contributed by atoms with E-state index in [1.165, 1.54) is 7.11 Å². The average molecular weight is 256 g/mol. The molecule has 0 saturated carbocycles. The number of nitrogens with zero attached hydrogens (tertiary/aromatic N) is 1. The minimum absolute atomic E-state index is 0.0847. The highest BCUT2D eigenvalue weighted by Crippen LogP contribution is 2.36. The Morgan fingerprint density at radius 3 is 2.71 bits per heavy atom. The molecule has 0 saturated heterocycles. The molecule has 1 aromatic carbocycles. The zero-order chi connectivity index (χ0) is 10.7. The molecule has 3 nitrogen and oxygen atoms in total. The summed E-state index contributed by atoms with van der Waals surface area (Å²) in [6.07, 6.45) is 0. The van der Waals surface area contributed by atoms with Crippen LogP contribution in [0.4, 0.5) is 0 Å². The van der Waals surface area contributed by atoms with Gasteiger partial charge in [0.2, 0.25) is 0 Å². The van der Waals surface area contributed by atoms with Gasteiger partial charge in [-0.05, 0) is 40.5 Å². The van der Waals surface area contributed by atoms with Crippen molar-refractivity contribution in [2.24, 2.45) is 0 Å². The van der Waals surface area contributed by atoms with Crippen LogP contribution in [0.25, 0.3) is 0 Å². The molecule has 1 unspecified atom stereocenters. The van der Waals surface area contributed by atoms with Crippen LogP contribution in [-0.4, -0.2) is 12.2 Å². The molecule has 0 aliphatic heterocycles. The molecule has 1 aromatic rings. The molecule has 0 radical (unpaired) electrons. The van der Waals surface area contributed by atoms with Gasteiger partial charge < -0.3 is 9.84 Å². The first-order valence-electron chi connectivity index (χ1n) is 4.06. The van der Waals surface area contributed by atoms with Crippen molar-refractivity contribution in [3.8, 4) is 17.6 Å². The van der Waals surface area contributed by atoms with E-state index >= 15 is 0 Å². The molecule has 0 fully saturated rings. The quantitative estimate of drug-likeness (QED) is 0.885. The molecule has 0 aliphatic rings. The van der Waals surface area contributed by atoms with E-state index in [2.05, 4.69) is 22.0 Å². The maximum Gasteiger partial charge on any atom is 0.137 e. The van der Waals surface area contributed by atoms with E-state index in [4.69, 9.17) is 10.00 Å². The number of methoxy groups -OCH3 is 1. The number of benzene rings is 1. The third kappa shape index (κ3) is 1.99. The number of halogens is 1. The number of ether oxygens (including phenoxy) is 1. The Morgan fingerprint density at radius 1 is 1.57 bits per heavy atom. The summed E-state index contributed by atoms with van der Waals surface area (Å²) in [7, 11) is 1.51. The standard InChI is InChI=1S/C10H10BrNO2/c1-6(5-12)7-3-8(13)10(11)9(4-7)14-2/h3-4,6,13H,1-2H3. The first-order chi connectivity index (χ1) is 6.60. The van der Waals surface area contributed by atoms with Crippen molar-refractivity contribution in [2.75, 3.05) is 7.11 Å². The van der Waals surface area contributed by atoms with E-state index in [9.17, 15) is 5.11 Å². The number of hydrogen-bond acceptors (Lipinski definition) is 3. The molecular weight excluding hydrogens is 246 g/mol. The van der Waals surface area contributed by atoms with Gasteiger partial charge in [-0.25, -0.2) is 0 Å². The molecule has 4 heteroatoms. The summed E-state index contributed by atoms with van der Waals surface area (Å²) in [4.78, 5) is 0. The fourth-order valence-corrected chi connectivity index (χ4v) is 1.47. The van der Waals surface area contributed by atoms with Gasteiger partial charge in [0.25, 0.3) is 0 Å². The van der Waals surface area contributed by atoms with Crippen molar-refractivity contribution >= 4 is 15.9 Å². The first-order valence-corrected chi connectivity index (χ1v) is 4.85. The lowest BCUT2D eigenvalue weighted by atomic mass is 10.0. The van der Waals surface area contributed by atoms with Crippen molar-refractivity contribution < 1.29 is 9.84 Å². The first kappa shape index (κ1) is 10.9. The van der Waals surface area contributed by atoms with Crippen LogP contribution < -0.4 is 4.74 Å². The van der Waals surface area contributed by atoms with Gasteiger partial charge in [-0.2, -0.15) is 5.26 Å². The minimum Gasteiger partial charge on any atom is -0.507 e. The van der Waals surface area contributed by atoms with Gasteiger partial charge >= 0.3 is 0 Å². The largest absolute Gasteiger partial charge is 0.507 e. The molecule has 0 aliphatic carbocycles. The second-order valence-electron chi connectivity index (χ2n) is 2.91. The van der Waals surface area contributed by atoms with Gasteiger partial charge in [0, 0.05) is 0 Å². The Balaban J connectivity index is 3.24. The molecule has 0 heterocycles. The second-order valence-corrected chi connectivity index (χ2v) is 3.70. The molecule has 1 N–H and O–H groups in total. The number of rotatable bonds is 2. The lowest BCUT2D eigenvalue weighted by molar-refractivity contribution is 0.402. The summed E-state index contributed by atoms with van der Waals surface area (Å²) in [5.41, 5.74) is 0.741. The van der Waals surface area contributed by atoms with Crippen molar-refractivity contribution in [3.63, 3.8) is 0 Å². The number of phenols is 1. The van der Waals surface area contributed by atoms with E-state index < -0.39 is 0 Å². The second kappa shape index (κ2) is 4.34. The fourth-order valence-electron chi connectivity index (χ4n) is 1.08. The third-order valence-corrected chi connectivity index (χ3v) is 2.75. The topological polar surface area (TPSA) is 53.2 Å². The van der Waals surface area contributed by atoms with E-state index in [0.717, 1.165) is 5.56 Å². The Kier molecular flexibility index (Phi) is 3.37. The SMILES string of the molecule is COc1cc(C(C)C#N)cc(O)c1Br. The van der Waals surface area contributed by atoms with Crippen molar-refractivity contribution in [1.29, 1.82) is 5.26 Å². The van der Waals surface area contributed by atoms with Crippen LogP contribution in [0.5, 0.6) is 11.5 Å². The monoisotopic (exact) mass is 255 g/mol. The number of aromatic hydroxyl groups is 1. The average Bonchev–Trinajstić information content (AvgIpc) is 2.20. The van der Waals surface area contributed by atoms with E-state index in [-0.39, 0.29) is 11.7 Å². The molecule has 74 valence electrons. The van der Waals surface area contributed by atoms with Gasteiger partial charge in [-0.15, -0.1) is 0 Å². The highest BCUT2D eigenvalue weighted by atomic mass is 79.9. The van der Waals surface area contributed by atoms with E-state index in [1.54, 1.807) is 19.1 Å². The molecule has 0 spiro atoms. The van der Waals surface area contributed by atoms with Crippen LogP contribution in [0.15, 0.2) is 16.6 Å². The summed E-state index contributed by atoms with van der Waals surface area (Å²) in [6, 6.07) is 5.39. The maximum atomic E-state index is 9.52. The van der Waals surface area contributed by atoms with Crippen LogP contribution in [0.2, 0.25) is 0 Å². The third-order valence-electron chi connectivity index (χ3n) is 1.96. The molecule has 0 amide bonds. The van der Waals surface area contributed by atoms with Crippen LogP contribution in [0.1, 0.15) is 18.4 Å². The predicted octanol–water partition coefficient (Wildman–Crippen LogP) is 2.79. The van der Waals surface area contributed by atoms with E-state index in [0.29, 0.717) is 10.2 Å². The zero-order valence-corrected chi connectivity index (χ0v) is 9.50. The van der Waals surface area contributed by atoms with Crippen molar-refractivity contribution in [3.05, 3.63) is 22.2 Å². The van der Waals surface area contributed by atoms with Gasteiger partial charge in [0.1, 0.15) is 16.0 Å².